The lowest BCUT2D eigenvalue weighted by Crippen LogP contribution is -2.51. The Morgan fingerprint density at radius 3 is 2.57 bits per heavy atom. The second-order valence-electron chi connectivity index (χ2n) is 6.28. The highest BCUT2D eigenvalue weighted by Crippen LogP contribution is 2.25. The number of ether oxygens (including phenoxy) is 2. The molecule has 1 aliphatic carbocycles. The molecule has 5 heteroatoms. The summed E-state index contributed by atoms with van der Waals surface area (Å²) in [6.45, 7) is 9.01. The summed E-state index contributed by atoms with van der Waals surface area (Å²) in [6.07, 6.45) is 4.09. The fourth-order valence-electron chi connectivity index (χ4n) is 2.81. The minimum absolute atomic E-state index is 0.151. The van der Waals surface area contributed by atoms with E-state index in [2.05, 4.69) is 24.1 Å². The van der Waals surface area contributed by atoms with E-state index in [0.717, 1.165) is 32.5 Å². The van der Waals surface area contributed by atoms with Gasteiger partial charge in [-0.05, 0) is 52.6 Å². The fourth-order valence-corrected chi connectivity index (χ4v) is 2.81. The normalized spacial score (nSPS) is 19.3. The molecule has 124 valence electrons. The number of methoxy groups -OCH3 is 2. The number of carbonyl (C=O) groups is 1. The van der Waals surface area contributed by atoms with Crippen molar-refractivity contribution in [3.63, 3.8) is 0 Å². The molecule has 1 saturated carbocycles. The molecule has 0 heterocycles. The Morgan fingerprint density at radius 2 is 2.10 bits per heavy atom. The predicted molar refractivity (Wildman–Crippen MR) is 84.4 cm³/mol. The molecule has 1 aliphatic rings. The third-order valence-corrected chi connectivity index (χ3v) is 4.30. The van der Waals surface area contributed by atoms with E-state index in [0.29, 0.717) is 12.1 Å². The zero-order valence-corrected chi connectivity index (χ0v) is 14.3. The first-order valence-corrected chi connectivity index (χ1v) is 8.06. The van der Waals surface area contributed by atoms with E-state index in [1.54, 1.807) is 7.11 Å². The van der Waals surface area contributed by atoms with Gasteiger partial charge in [-0.3, -0.25) is 15.0 Å². The highest BCUT2D eigenvalue weighted by Gasteiger charge is 2.38. The number of nitrogens with zero attached hydrogens (tertiary/aromatic N) is 1. The first-order valence-electron chi connectivity index (χ1n) is 8.06. The Hall–Kier alpha value is -0.650. The van der Waals surface area contributed by atoms with Crippen molar-refractivity contribution in [2.24, 2.45) is 0 Å². The van der Waals surface area contributed by atoms with Crippen LogP contribution >= 0.6 is 0 Å². The summed E-state index contributed by atoms with van der Waals surface area (Å²) in [6, 6.07) is 0.893. The summed E-state index contributed by atoms with van der Waals surface area (Å²) < 4.78 is 10.2. The van der Waals surface area contributed by atoms with Gasteiger partial charge in [-0.1, -0.05) is 6.92 Å². The van der Waals surface area contributed by atoms with Crippen molar-refractivity contribution >= 4 is 5.97 Å². The van der Waals surface area contributed by atoms with Gasteiger partial charge in [0.1, 0.15) is 5.54 Å². The Balaban J connectivity index is 2.46. The topological polar surface area (TPSA) is 50.8 Å². The molecule has 1 fully saturated rings. The largest absolute Gasteiger partial charge is 0.468 e. The summed E-state index contributed by atoms with van der Waals surface area (Å²) in [5.41, 5.74) is -0.556. The molecule has 0 radical (unpaired) electrons. The Morgan fingerprint density at radius 1 is 1.43 bits per heavy atom. The second kappa shape index (κ2) is 8.71. The van der Waals surface area contributed by atoms with Crippen molar-refractivity contribution in [3.05, 3.63) is 0 Å². The quantitative estimate of drug-likeness (QED) is 0.590. The Kier molecular flexibility index (Phi) is 7.63. The maximum atomic E-state index is 12.1. The number of nitrogens with one attached hydrogen (secondary N) is 1. The standard InChI is InChI=1S/C16H32N2O3/c1-6-18(13(2)12-20-4)11-7-10-16(3,15(19)21-5)17-14-8-9-14/h13-14,17H,6-12H2,1-5H3. The van der Waals surface area contributed by atoms with Crippen molar-refractivity contribution in [3.8, 4) is 0 Å². The lowest BCUT2D eigenvalue weighted by molar-refractivity contribution is -0.148. The number of rotatable bonds is 11. The maximum Gasteiger partial charge on any atom is 0.325 e. The van der Waals surface area contributed by atoms with E-state index >= 15 is 0 Å². The van der Waals surface area contributed by atoms with E-state index in [1.165, 1.54) is 20.0 Å². The van der Waals surface area contributed by atoms with Gasteiger partial charge in [0, 0.05) is 19.2 Å². The van der Waals surface area contributed by atoms with E-state index in [4.69, 9.17) is 9.47 Å². The molecular formula is C16H32N2O3. The molecule has 0 spiro atoms. The first-order chi connectivity index (χ1) is 9.96. The van der Waals surface area contributed by atoms with E-state index in [-0.39, 0.29) is 5.97 Å². The van der Waals surface area contributed by atoms with Crippen LogP contribution in [0.25, 0.3) is 0 Å². The zero-order chi connectivity index (χ0) is 15.9. The van der Waals surface area contributed by atoms with Gasteiger partial charge in [-0.2, -0.15) is 0 Å². The summed E-state index contributed by atoms with van der Waals surface area (Å²) in [4.78, 5) is 14.4. The molecule has 0 amide bonds. The molecule has 0 aromatic heterocycles. The van der Waals surface area contributed by atoms with Crippen molar-refractivity contribution in [1.29, 1.82) is 0 Å². The van der Waals surface area contributed by atoms with Crippen LogP contribution in [-0.2, 0) is 14.3 Å². The first kappa shape index (κ1) is 18.4. The van der Waals surface area contributed by atoms with Crippen LogP contribution < -0.4 is 5.32 Å². The van der Waals surface area contributed by atoms with Gasteiger partial charge in [-0.15, -0.1) is 0 Å². The average molecular weight is 300 g/mol. The molecular weight excluding hydrogens is 268 g/mol. The van der Waals surface area contributed by atoms with Crippen LogP contribution in [0.1, 0.15) is 46.5 Å². The highest BCUT2D eigenvalue weighted by molar-refractivity contribution is 5.80. The molecule has 2 atom stereocenters. The Labute approximate surface area is 129 Å². The van der Waals surface area contributed by atoms with E-state index in [1.807, 2.05) is 6.92 Å². The summed E-state index contributed by atoms with van der Waals surface area (Å²) in [5, 5.41) is 3.45. The van der Waals surface area contributed by atoms with E-state index in [9.17, 15) is 4.79 Å². The summed E-state index contributed by atoms with van der Waals surface area (Å²) in [7, 11) is 3.20. The fraction of sp³-hybridized carbons (Fsp3) is 0.938. The molecule has 5 nitrogen and oxygen atoms in total. The van der Waals surface area contributed by atoms with E-state index < -0.39 is 5.54 Å². The number of hydrogen-bond donors (Lipinski definition) is 1. The van der Waals surface area contributed by atoms with Crippen molar-refractivity contribution in [2.75, 3.05) is 33.9 Å². The summed E-state index contributed by atoms with van der Waals surface area (Å²) in [5.74, 6) is -0.151. The van der Waals surface area contributed by atoms with Crippen molar-refractivity contribution in [2.45, 2.75) is 64.1 Å². The zero-order valence-electron chi connectivity index (χ0n) is 14.3. The molecule has 0 aromatic carbocycles. The van der Waals surface area contributed by atoms with Crippen LogP contribution in [0.2, 0.25) is 0 Å². The number of esters is 1. The smallest absolute Gasteiger partial charge is 0.325 e. The number of carbonyl (C=O) groups excluding carboxylic acids is 1. The van der Waals surface area contributed by atoms with Crippen molar-refractivity contribution < 1.29 is 14.3 Å². The molecule has 1 rings (SSSR count). The maximum absolute atomic E-state index is 12.1. The molecule has 0 saturated heterocycles. The van der Waals surface area contributed by atoms with Crippen LogP contribution in [-0.4, -0.2) is 62.4 Å². The molecule has 21 heavy (non-hydrogen) atoms. The van der Waals surface area contributed by atoms with Crippen LogP contribution in [0.5, 0.6) is 0 Å². The van der Waals surface area contributed by atoms with Crippen LogP contribution in [0, 0.1) is 0 Å². The number of likely N-dealkylation sites (N-methyl/N-ethyl adjacent to an activating group) is 1. The van der Waals surface area contributed by atoms with Gasteiger partial charge in [0.15, 0.2) is 0 Å². The van der Waals surface area contributed by atoms with Gasteiger partial charge in [0.05, 0.1) is 13.7 Å². The highest BCUT2D eigenvalue weighted by atomic mass is 16.5. The monoisotopic (exact) mass is 300 g/mol. The predicted octanol–water partition coefficient (Wildman–Crippen LogP) is 1.81. The Bertz CT molecular complexity index is 321. The molecule has 0 aromatic rings. The lowest BCUT2D eigenvalue weighted by atomic mass is 9.95. The lowest BCUT2D eigenvalue weighted by Gasteiger charge is -2.31. The van der Waals surface area contributed by atoms with Gasteiger partial charge in [-0.25, -0.2) is 0 Å². The average Bonchev–Trinajstić information content (AvgIpc) is 3.26. The van der Waals surface area contributed by atoms with Gasteiger partial charge in [0.2, 0.25) is 0 Å². The second-order valence-corrected chi connectivity index (χ2v) is 6.28. The van der Waals surface area contributed by atoms with Gasteiger partial charge < -0.3 is 9.47 Å². The van der Waals surface area contributed by atoms with Crippen LogP contribution in [0.4, 0.5) is 0 Å². The molecule has 0 aliphatic heterocycles. The minimum atomic E-state index is -0.556. The van der Waals surface area contributed by atoms with Crippen LogP contribution in [0.3, 0.4) is 0 Å². The summed E-state index contributed by atoms with van der Waals surface area (Å²) >= 11 is 0. The van der Waals surface area contributed by atoms with Gasteiger partial charge in [0.25, 0.3) is 0 Å². The molecule has 2 unspecified atom stereocenters. The van der Waals surface area contributed by atoms with Crippen LogP contribution in [0.15, 0.2) is 0 Å². The SMILES string of the molecule is CCN(CCCC(C)(NC1CC1)C(=O)OC)C(C)COC. The molecule has 1 N–H and O–H groups in total. The van der Waals surface area contributed by atoms with Crippen molar-refractivity contribution in [1.82, 2.24) is 10.2 Å². The third kappa shape index (κ3) is 5.93. The van der Waals surface area contributed by atoms with Gasteiger partial charge >= 0.3 is 5.97 Å². The third-order valence-electron chi connectivity index (χ3n) is 4.30. The number of hydrogen-bond acceptors (Lipinski definition) is 5. The molecule has 0 bridgehead atoms. The minimum Gasteiger partial charge on any atom is -0.468 e.